The minimum Gasteiger partial charge on any atom is -0.457 e. The van der Waals surface area contributed by atoms with Gasteiger partial charge in [-0.15, -0.1) is 0 Å². The molecule has 0 fully saturated rings. The second-order valence-corrected chi connectivity index (χ2v) is 4.59. The summed E-state index contributed by atoms with van der Waals surface area (Å²) < 4.78 is 18.9. The predicted molar refractivity (Wildman–Crippen MR) is 72.1 cm³/mol. The number of hydrogen-bond acceptors (Lipinski definition) is 2. The third kappa shape index (κ3) is 2.86. The molecule has 0 atom stereocenters. The first-order valence-corrected chi connectivity index (χ1v) is 6.03. The van der Waals surface area contributed by atoms with E-state index in [1.54, 1.807) is 6.07 Å². The largest absolute Gasteiger partial charge is 0.457 e. The normalized spacial score (nSPS) is 10.1. The third-order valence-corrected chi connectivity index (χ3v) is 3.34. The number of rotatable bonds is 2. The molecule has 2 nitrogen and oxygen atoms in total. The van der Waals surface area contributed by atoms with Crippen LogP contribution in [0.5, 0.6) is 11.5 Å². The Hall–Kier alpha value is -2.05. The van der Waals surface area contributed by atoms with Gasteiger partial charge in [0.25, 0.3) is 0 Å². The Morgan fingerprint density at radius 1 is 1.21 bits per heavy atom. The van der Waals surface area contributed by atoms with Crippen molar-refractivity contribution in [2.24, 2.45) is 0 Å². The summed E-state index contributed by atoms with van der Waals surface area (Å²) in [7, 11) is 0. The molecule has 0 saturated carbocycles. The van der Waals surface area contributed by atoms with E-state index in [1.165, 1.54) is 12.1 Å². The lowest BCUT2D eigenvalue weighted by Gasteiger charge is -2.11. The SMILES string of the molecule is Cc1ccc(Oc2cc(F)cc(C#N)c2)c(C)c1Cl. The van der Waals surface area contributed by atoms with Gasteiger partial charge in [0.15, 0.2) is 0 Å². The van der Waals surface area contributed by atoms with Crippen LogP contribution in [-0.2, 0) is 0 Å². The van der Waals surface area contributed by atoms with E-state index in [1.807, 2.05) is 26.0 Å². The van der Waals surface area contributed by atoms with E-state index < -0.39 is 5.82 Å². The van der Waals surface area contributed by atoms with E-state index in [9.17, 15) is 4.39 Å². The number of nitrogens with zero attached hydrogens (tertiary/aromatic N) is 1. The number of aryl methyl sites for hydroxylation is 1. The van der Waals surface area contributed by atoms with Crippen molar-refractivity contribution in [1.29, 1.82) is 5.26 Å². The minimum absolute atomic E-state index is 0.214. The zero-order chi connectivity index (χ0) is 14.0. The summed E-state index contributed by atoms with van der Waals surface area (Å²) >= 11 is 6.13. The van der Waals surface area contributed by atoms with E-state index in [4.69, 9.17) is 21.6 Å². The lowest BCUT2D eigenvalue weighted by molar-refractivity contribution is 0.473. The topological polar surface area (TPSA) is 33.0 Å². The van der Waals surface area contributed by atoms with Crippen molar-refractivity contribution in [2.45, 2.75) is 13.8 Å². The fourth-order valence-electron chi connectivity index (χ4n) is 1.73. The molecule has 0 heterocycles. The molecule has 0 aromatic heterocycles. The van der Waals surface area contributed by atoms with Gasteiger partial charge in [0.1, 0.15) is 17.3 Å². The molecule has 0 aliphatic rings. The van der Waals surface area contributed by atoms with Crippen LogP contribution in [0.2, 0.25) is 5.02 Å². The van der Waals surface area contributed by atoms with Crippen LogP contribution in [0.3, 0.4) is 0 Å². The average molecular weight is 276 g/mol. The number of nitriles is 1. The molecule has 0 radical (unpaired) electrons. The van der Waals surface area contributed by atoms with Crippen LogP contribution in [0.25, 0.3) is 0 Å². The van der Waals surface area contributed by atoms with E-state index in [0.29, 0.717) is 10.8 Å². The Balaban J connectivity index is 2.40. The molecule has 0 N–H and O–H groups in total. The Kier molecular flexibility index (Phi) is 3.73. The number of hydrogen-bond donors (Lipinski definition) is 0. The van der Waals surface area contributed by atoms with Gasteiger partial charge in [-0.25, -0.2) is 4.39 Å². The van der Waals surface area contributed by atoms with Crippen molar-refractivity contribution in [2.75, 3.05) is 0 Å². The van der Waals surface area contributed by atoms with Gasteiger partial charge in [0, 0.05) is 11.6 Å². The molecule has 0 aliphatic heterocycles. The molecular formula is C15H11ClFNO. The molecule has 2 aromatic carbocycles. The quantitative estimate of drug-likeness (QED) is 0.791. The standard InChI is InChI=1S/C15H11ClFNO/c1-9-3-4-14(10(2)15(9)16)19-13-6-11(8-18)5-12(17)7-13/h3-7H,1-2H3. The number of halogens is 2. The molecule has 19 heavy (non-hydrogen) atoms. The summed E-state index contributed by atoms with van der Waals surface area (Å²) in [6, 6.07) is 9.35. The summed E-state index contributed by atoms with van der Waals surface area (Å²) in [5.74, 6) is 0.314. The van der Waals surface area contributed by atoms with Gasteiger partial charge >= 0.3 is 0 Å². The Labute approximate surface area is 116 Å². The van der Waals surface area contributed by atoms with Crippen molar-refractivity contribution < 1.29 is 9.13 Å². The summed E-state index contributed by atoms with van der Waals surface area (Å²) in [4.78, 5) is 0. The highest BCUT2D eigenvalue weighted by Gasteiger charge is 2.09. The van der Waals surface area contributed by atoms with Crippen LogP contribution >= 0.6 is 11.6 Å². The number of benzene rings is 2. The van der Waals surface area contributed by atoms with Crippen molar-refractivity contribution in [3.05, 3.63) is 57.9 Å². The third-order valence-electron chi connectivity index (χ3n) is 2.76. The van der Waals surface area contributed by atoms with Gasteiger partial charge in [0.05, 0.1) is 16.7 Å². The molecule has 2 rings (SSSR count). The van der Waals surface area contributed by atoms with Crippen LogP contribution in [0.4, 0.5) is 4.39 Å². The summed E-state index contributed by atoms with van der Waals surface area (Å²) in [5.41, 5.74) is 1.94. The fraction of sp³-hybridized carbons (Fsp3) is 0.133. The monoisotopic (exact) mass is 275 g/mol. The highest BCUT2D eigenvalue weighted by atomic mass is 35.5. The zero-order valence-corrected chi connectivity index (χ0v) is 11.3. The number of ether oxygens (including phenoxy) is 1. The van der Waals surface area contributed by atoms with E-state index in [0.717, 1.165) is 17.2 Å². The van der Waals surface area contributed by atoms with Crippen LogP contribution in [0.1, 0.15) is 16.7 Å². The van der Waals surface area contributed by atoms with Crippen molar-refractivity contribution in [3.63, 3.8) is 0 Å². The molecular weight excluding hydrogens is 265 g/mol. The first-order valence-electron chi connectivity index (χ1n) is 5.65. The molecule has 96 valence electrons. The molecule has 0 spiro atoms. The van der Waals surface area contributed by atoms with Crippen LogP contribution in [0, 0.1) is 31.0 Å². The minimum atomic E-state index is -0.509. The van der Waals surface area contributed by atoms with E-state index in [2.05, 4.69) is 0 Å². The maximum atomic E-state index is 13.3. The fourth-order valence-corrected chi connectivity index (χ4v) is 1.88. The average Bonchev–Trinajstić information content (AvgIpc) is 2.39. The summed E-state index contributed by atoms with van der Waals surface area (Å²) in [6.07, 6.45) is 0. The molecule has 0 bridgehead atoms. The van der Waals surface area contributed by atoms with Crippen LogP contribution in [-0.4, -0.2) is 0 Å². The second-order valence-electron chi connectivity index (χ2n) is 4.21. The molecule has 0 unspecified atom stereocenters. The van der Waals surface area contributed by atoms with Gasteiger partial charge in [0.2, 0.25) is 0 Å². The first-order chi connectivity index (χ1) is 9.01. The Bertz CT molecular complexity index is 677. The Morgan fingerprint density at radius 2 is 1.95 bits per heavy atom. The van der Waals surface area contributed by atoms with E-state index >= 15 is 0 Å². The van der Waals surface area contributed by atoms with E-state index in [-0.39, 0.29) is 11.3 Å². The summed E-state index contributed by atoms with van der Waals surface area (Å²) in [5, 5.41) is 9.41. The van der Waals surface area contributed by atoms with Crippen LogP contribution in [0.15, 0.2) is 30.3 Å². The molecule has 4 heteroatoms. The van der Waals surface area contributed by atoms with Gasteiger partial charge in [-0.3, -0.25) is 0 Å². The maximum absolute atomic E-state index is 13.3. The first kappa shape index (κ1) is 13.4. The van der Waals surface area contributed by atoms with Crippen molar-refractivity contribution in [3.8, 4) is 17.6 Å². The van der Waals surface area contributed by atoms with Gasteiger partial charge < -0.3 is 4.74 Å². The molecule has 0 amide bonds. The second kappa shape index (κ2) is 5.29. The van der Waals surface area contributed by atoms with Crippen molar-refractivity contribution >= 4 is 11.6 Å². The lowest BCUT2D eigenvalue weighted by atomic mass is 10.1. The van der Waals surface area contributed by atoms with Gasteiger partial charge in [-0.1, -0.05) is 17.7 Å². The Morgan fingerprint density at radius 3 is 2.63 bits per heavy atom. The smallest absolute Gasteiger partial charge is 0.131 e. The lowest BCUT2D eigenvalue weighted by Crippen LogP contribution is -1.91. The van der Waals surface area contributed by atoms with Crippen LogP contribution < -0.4 is 4.74 Å². The predicted octanol–water partition coefficient (Wildman–Crippen LogP) is 4.76. The van der Waals surface area contributed by atoms with Gasteiger partial charge in [-0.05, 0) is 37.6 Å². The molecule has 0 aliphatic carbocycles. The maximum Gasteiger partial charge on any atom is 0.131 e. The molecule has 2 aromatic rings. The highest BCUT2D eigenvalue weighted by molar-refractivity contribution is 6.32. The summed E-state index contributed by atoms with van der Waals surface area (Å²) in [6.45, 7) is 3.73. The van der Waals surface area contributed by atoms with Gasteiger partial charge in [-0.2, -0.15) is 5.26 Å². The zero-order valence-electron chi connectivity index (χ0n) is 10.5. The molecule has 0 saturated heterocycles. The van der Waals surface area contributed by atoms with Crippen molar-refractivity contribution in [1.82, 2.24) is 0 Å². The highest BCUT2D eigenvalue weighted by Crippen LogP contribution is 2.32.